The third-order valence-electron chi connectivity index (χ3n) is 1.76. The van der Waals surface area contributed by atoms with Crippen LogP contribution in [0, 0.1) is 0 Å². The molecule has 5 heteroatoms. The summed E-state index contributed by atoms with van der Waals surface area (Å²) in [4.78, 5) is 15.1. The first-order chi connectivity index (χ1) is 7.19. The second-order valence-electron chi connectivity index (χ2n) is 2.78. The summed E-state index contributed by atoms with van der Waals surface area (Å²) < 4.78 is 4.54. The number of aliphatic hydroxyl groups is 1. The quantitative estimate of drug-likeness (QED) is 0.704. The smallest absolute Gasteiger partial charge is 0.341 e. The van der Waals surface area contributed by atoms with Crippen molar-refractivity contribution < 1.29 is 14.6 Å². The Bertz CT molecular complexity index is 388. The molecule has 5 nitrogen and oxygen atoms in total. The second-order valence-corrected chi connectivity index (χ2v) is 2.78. The summed E-state index contributed by atoms with van der Waals surface area (Å²) >= 11 is 0. The molecule has 0 saturated heterocycles. The number of pyridine rings is 1. The van der Waals surface area contributed by atoms with Crippen molar-refractivity contribution in [3.8, 4) is 0 Å². The maximum Gasteiger partial charge on any atom is 0.341 e. The molecule has 0 aliphatic carbocycles. The van der Waals surface area contributed by atoms with Gasteiger partial charge in [0.15, 0.2) is 0 Å². The molecule has 15 heavy (non-hydrogen) atoms. The van der Waals surface area contributed by atoms with Crippen LogP contribution < -0.4 is 5.73 Å². The topological polar surface area (TPSA) is 85.4 Å². The minimum atomic E-state index is -0.528. The zero-order valence-electron chi connectivity index (χ0n) is 8.30. The van der Waals surface area contributed by atoms with Gasteiger partial charge in [0.25, 0.3) is 0 Å². The van der Waals surface area contributed by atoms with E-state index in [2.05, 4.69) is 9.72 Å². The molecule has 1 aromatic rings. The van der Waals surface area contributed by atoms with Crippen molar-refractivity contribution in [2.24, 2.45) is 0 Å². The number of aliphatic hydroxyl groups excluding tert-OH is 1. The van der Waals surface area contributed by atoms with Gasteiger partial charge in [0, 0.05) is 6.20 Å². The van der Waals surface area contributed by atoms with Gasteiger partial charge in [0.2, 0.25) is 0 Å². The van der Waals surface area contributed by atoms with E-state index in [-0.39, 0.29) is 18.0 Å². The molecule has 0 amide bonds. The summed E-state index contributed by atoms with van der Waals surface area (Å²) in [7, 11) is 1.28. The first-order valence-corrected chi connectivity index (χ1v) is 4.30. The highest BCUT2D eigenvalue weighted by molar-refractivity contribution is 5.94. The molecule has 0 spiro atoms. The lowest BCUT2D eigenvalue weighted by atomic mass is 10.2. The minimum Gasteiger partial charge on any atom is -0.465 e. The summed E-state index contributed by atoms with van der Waals surface area (Å²) in [6.45, 7) is -0.0715. The van der Waals surface area contributed by atoms with E-state index in [4.69, 9.17) is 10.8 Å². The first-order valence-electron chi connectivity index (χ1n) is 4.30. The lowest BCUT2D eigenvalue weighted by Gasteiger charge is -2.03. The predicted octanol–water partition coefficient (Wildman–Crippen LogP) is 0.456. The Morgan fingerprint density at radius 2 is 2.47 bits per heavy atom. The summed E-state index contributed by atoms with van der Waals surface area (Å²) in [5.74, 6) is -0.401. The molecular formula is C10H12N2O3. The fourth-order valence-electron chi connectivity index (χ4n) is 1.04. The number of nitrogens with zero attached hydrogens (tertiary/aromatic N) is 1. The molecule has 0 bridgehead atoms. The second kappa shape index (κ2) is 5.11. The molecule has 0 aliphatic heterocycles. The molecule has 0 fully saturated rings. The number of aromatic nitrogens is 1. The van der Waals surface area contributed by atoms with E-state index in [1.165, 1.54) is 19.4 Å². The number of nitrogen functional groups attached to an aromatic ring is 1. The molecule has 80 valence electrons. The van der Waals surface area contributed by atoms with E-state index in [0.29, 0.717) is 5.56 Å². The van der Waals surface area contributed by atoms with Crippen LogP contribution in [0.25, 0.3) is 6.08 Å². The van der Waals surface area contributed by atoms with Gasteiger partial charge >= 0.3 is 5.97 Å². The number of carbonyl (C=O) groups is 1. The van der Waals surface area contributed by atoms with Crippen molar-refractivity contribution in [2.45, 2.75) is 0 Å². The van der Waals surface area contributed by atoms with Crippen LogP contribution in [0.1, 0.15) is 15.9 Å². The fraction of sp³-hybridized carbons (Fsp3) is 0.200. The number of hydrogen-bond acceptors (Lipinski definition) is 5. The normalized spacial score (nSPS) is 10.5. The van der Waals surface area contributed by atoms with Gasteiger partial charge in [0.1, 0.15) is 11.4 Å². The van der Waals surface area contributed by atoms with Crippen molar-refractivity contribution in [2.75, 3.05) is 19.5 Å². The molecule has 1 aromatic heterocycles. The van der Waals surface area contributed by atoms with Crippen molar-refractivity contribution in [1.82, 2.24) is 4.98 Å². The first kappa shape index (κ1) is 11.2. The van der Waals surface area contributed by atoms with E-state index < -0.39 is 5.97 Å². The van der Waals surface area contributed by atoms with Crippen molar-refractivity contribution in [3.63, 3.8) is 0 Å². The summed E-state index contributed by atoms with van der Waals surface area (Å²) in [5.41, 5.74) is 6.41. The largest absolute Gasteiger partial charge is 0.465 e. The van der Waals surface area contributed by atoms with E-state index in [1.54, 1.807) is 12.1 Å². The number of nitrogens with two attached hydrogens (primary N) is 1. The molecule has 3 N–H and O–H groups in total. The van der Waals surface area contributed by atoms with Gasteiger partial charge in [-0.25, -0.2) is 9.78 Å². The monoisotopic (exact) mass is 208 g/mol. The SMILES string of the molecule is COC(=O)c1cc(C=CCO)cnc1N. The third kappa shape index (κ3) is 2.78. The van der Waals surface area contributed by atoms with E-state index in [9.17, 15) is 4.79 Å². The predicted molar refractivity (Wildman–Crippen MR) is 56.1 cm³/mol. The van der Waals surface area contributed by atoms with Gasteiger partial charge in [-0.15, -0.1) is 0 Å². The van der Waals surface area contributed by atoms with Gasteiger partial charge < -0.3 is 15.6 Å². The van der Waals surface area contributed by atoms with E-state index >= 15 is 0 Å². The highest BCUT2D eigenvalue weighted by Crippen LogP contribution is 2.12. The van der Waals surface area contributed by atoms with Crippen LogP contribution in [0.4, 0.5) is 5.82 Å². The van der Waals surface area contributed by atoms with Crippen LogP contribution in [0.15, 0.2) is 18.3 Å². The number of hydrogen-bond donors (Lipinski definition) is 2. The maximum absolute atomic E-state index is 11.2. The number of rotatable bonds is 3. The summed E-state index contributed by atoms with van der Waals surface area (Å²) in [6, 6.07) is 1.56. The molecule has 0 aliphatic rings. The molecule has 0 saturated carbocycles. The van der Waals surface area contributed by atoms with Crippen molar-refractivity contribution >= 4 is 17.9 Å². The van der Waals surface area contributed by atoms with Crippen LogP contribution in [0.5, 0.6) is 0 Å². The molecule has 1 heterocycles. The van der Waals surface area contributed by atoms with Crippen LogP contribution in [0.2, 0.25) is 0 Å². The lowest BCUT2D eigenvalue weighted by Crippen LogP contribution is -2.07. The van der Waals surface area contributed by atoms with Crippen LogP contribution >= 0.6 is 0 Å². The number of methoxy groups -OCH3 is 1. The third-order valence-corrected chi connectivity index (χ3v) is 1.76. The Morgan fingerprint density at radius 1 is 1.73 bits per heavy atom. The molecule has 0 radical (unpaired) electrons. The van der Waals surface area contributed by atoms with Crippen LogP contribution in [-0.4, -0.2) is 29.8 Å². The Morgan fingerprint density at radius 3 is 3.07 bits per heavy atom. The highest BCUT2D eigenvalue weighted by atomic mass is 16.5. The molecular weight excluding hydrogens is 196 g/mol. The Hall–Kier alpha value is -1.88. The van der Waals surface area contributed by atoms with Gasteiger partial charge in [-0.2, -0.15) is 0 Å². The standard InChI is InChI=1S/C10H12N2O3/c1-15-10(14)8-5-7(3-2-4-13)6-12-9(8)11/h2-3,5-6,13H,4H2,1H3,(H2,11,12). The van der Waals surface area contributed by atoms with Crippen LogP contribution in [-0.2, 0) is 4.74 Å². The van der Waals surface area contributed by atoms with Gasteiger partial charge in [-0.05, 0) is 11.6 Å². The summed E-state index contributed by atoms with van der Waals surface area (Å²) in [6.07, 6.45) is 4.68. The number of ether oxygens (including phenoxy) is 1. The van der Waals surface area contributed by atoms with Gasteiger partial charge in [-0.1, -0.05) is 12.2 Å². The lowest BCUT2D eigenvalue weighted by molar-refractivity contribution is 0.0601. The Balaban J connectivity index is 3.05. The minimum absolute atomic E-state index is 0.0715. The number of esters is 1. The van der Waals surface area contributed by atoms with E-state index in [0.717, 1.165) is 0 Å². The van der Waals surface area contributed by atoms with Gasteiger partial charge in [0.05, 0.1) is 13.7 Å². The molecule has 1 rings (SSSR count). The zero-order valence-corrected chi connectivity index (χ0v) is 8.30. The highest BCUT2D eigenvalue weighted by Gasteiger charge is 2.10. The summed E-state index contributed by atoms with van der Waals surface area (Å²) in [5, 5.41) is 8.58. The average molecular weight is 208 g/mol. The molecule has 0 aromatic carbocycles. The number of anilines is 1. The van der Waals surface area contributed by atoms with Crippen LogP contribution in [0.3, 0.4) is 0 Å². The maximum atomic E-state index is 11.2. The molecule has 0 atom stereocenters. The average Bonchev–Trinajstić information content (AvgIpc) is 2.27. The van der Waals surface area contributed by atoms with E-state index in [1.807, 2.05) is 0 Å². The Labute approximate surface area is 87.2 Å². The number of carbonyl (C=O) groups excluding carboxylic acids is 1. The Kier molecular flexibility index (Phi) is 3.82. The fourth-order valence-corrected chi connectivity index (χ4v) is 1.04. The molecule has 0 unspecified atom stereocenters. The van der Waals surface area contributed by atoms with Crippen molar-refractivity contribution in [3.05, 3.63) is 29.5 Å². The van der Waals surface area contributed by atoms with Gasteiger partial charge in [-0.3, -0.25) is 0 Å². The van der Waals surface area contributed by atoms with Crippen molar-refractivity contribution in [1.29, 1.82) is 0 Å². The zero-order chi connectivity index (χ0) is 11.3.